The number of Topliss-reactive ketones (excluding diaryl/α,β-unsaturated/α-hetero) is 1. The summed E-state index contributed by atoms with van der Waals surface area (Å²) in [6.45, 7) is 1.95. The molecule has 0 heterocycles. The number of benzene rings is 1. The van der Waals surface area contributed by atoms with Crippen LogP contribution < -0.4 is 0 Å². The molecule has 0 amide bonds. The highest BCUT2D eigenvalue weighted by Gasteiger charge is 2.39. The zero-order valence-electron chi connectivity index (χ0n) is 10.4. The van der Waals surface area contributed by atoms with Crippen LogP contribution >= 0.6 is 0 Å². The first-order chi connectivity index (χ1) is 7.58. The molecule has 3 heteroatoms. The minimum atomic E-state index is -0.860. The van der Waals surface area contributed by atoms with Crippen molar-refractivity contribution in [3.8, 4) is 0 Å². The van der Waals surface area contributed by atoms with Gasteiger partial charge in [0, 0.05) is 12.7 Å². The molecule has 0 aromatic heterocycles. The van der Waals surface area contributed by atoms with E-state index in [1.54, 1.807) is 7.11 Å². The maximum atomic E-state index is 12.4. The predicted molar refractivity (Wildman–Crippen MR) is 64.5 cm³/mol. The molecule has 0 aliphatic rings. The maximum absolute atomic E-state index is 12.4. The van der Waals surface area contributed by atoms with Gasteiger partial charge in [-0.05, 0) is 20.5 Å². The van der Waals surface area contributed by atoms with Gasteiger partial charge in [0.1, 0.15) is 0 Å². The number of nitrogens with zero attached hydrogens (tertiary/aromatic N) is 1. The minimum Gasteiger partial charge on any atom is -0.356 e. The summed E-state index contributed by atoms with van der Waals surface area (Å²) in [4.78, 5) is 14.2. The number of hydrogen-bond acceptors (Lipinski definition) is 3. The van der Waals surface area contributed by atoms with Crippen molar-refractivity contribution in [3.05, 3.63) is 35.9 Å². The molecule has 0 bridgehead atoms. The zero-order chi connectivity index (χ0) is 12.2. The number of ketones is 1. The standard InChI is InChI=1S/C13H19NO2/c1-5-13(16-4,14(2)3)12(15)11-9-7-6-8-10-11/h6-10H,5H2,1-4H3. The van der Waals surface area contributed by atoms with E-state index in [4.69, 9.17) is 4.74 Å². The average Bonchev–Trinajstić information content (AvgIpc) is 2.32. The van der Waals surface area contributed by atoms with Gasteiger partial charge in [-0.2, -0.15) is 0 Å². The highest BCUT2D eigenvalue weighted by atomic mass is 16.5. The highest BCUT2D eigenvalue weighted by Crippen LogP contribution is 2.23. The van der Waals surface area contributed by atoms with Crippen molar-refractivity contribution in [2.45, 2.75) is 19.1 Å². The third-order valence-corrected chi connectivity index (χ3v) is 2.93. The lowest BCUT2D eigenvalue weighted by Crippen LogP contribution is -2.52. The number of carbonyl (C=O) groups excluding carboxylic acids is 1. The molecule has 0 spiro atoms. The molecule has 0 aliphatic carbocycles. The van der Waals surface area contributed by atoms with Crippen molar-refractivity contribution >= 4 is 5.78 Å². The largest absolute Gasteiger partial charge is 0.356 e. The van der Waals surface area contributed by atoms with Crippen molar-refractivity contribution in [1.29, 1.82) is 0 Å². The normalized spacial score (nSPS) is 14.8. The molecule has 16 heavy (non-hydrogen) atoms. The van der Waals surface area contributed by atoms with Crippen molar-refractivity contribution in [3.63, 3.8) is 0 Å². The molecule has 3 nitrogen and oxygen atoms in total. The Morgan fingerprint density at radius 3 is 2.25 bits per heavy atom. The van der Waals surface area contributed by atoms with Gasteiger partial charge in [0.15, 0.2) is 5.72 Å². The summed E-state index contributed by atoms with van der Waals surface area (Å²) in [5, 5.41) is 0. The second-order valence-corrected chi connectivity index (χ2v) is 3.93. The SMILES string of the molecule is CCC(OC)(C(=O)c1ccccc1)N(C)C. The molecule has 0 fully saturated rings. The molecule has 0 saturated heterocycles. The van der Waals surface area contributed by atoms with E-state index < -0.39 is 5.72 Å². The van der Waals surface area contributed by atoms with Gasteiger partial charge in [-0.1, -0.05) is 37.3 Å². The van der Waals surface area contributed by atoms with Crippen molar-refractivity contribution < 1.29 is 9.53 Å². The van der Waals surface area contributed by atoms with Gasteiger partial charge in [0.25, 0.3) is 0 Å². The fraction of sp³-hybridized carbons (Fsp3) is 0.462. The van der Waals surface area contributed by atoms with E-state index in [1.165, 1.54) is 0 Å². The van der Waals surface area contributed by atoms with Crippen LogP contribution in [-0.4, -0.2) is 37.6 Å². The summed E-state index contributed by atoms with van der Waals surface area (Å²) < 4.78 is 5.44. The van der Waals surface area contributed by atoms with Crippen LogP contribution in [0.3, 0.4) is 0 Å². The molecule has 1 unspecified atom stereocenters. The van der Waals surface area contributed by atoms with Gasteiger partial charge in [0.05, 0.1) is 0 Å². The average molecular weight is 221 g/mol. The highest BCUT2D eigenvalue weighted by molar-refractivity contribution is 6.02. The van der Waals surface area contributed by atoms with Gasteiger partial charge in [-0.15, -0.1) is 0 Å². The summed E-state index contributed by atoms with van der Waals surface area (Å²) in [6.07, 6.45) is 0.615. The monoisotopic (exact) mass is 221 g/mol. The number of ether oxygens (including phenoxy) is 1. The first-order valence-electron chi connectivity index (χ1n) is 5.41. The lowest BCUT2D eigenvalue weighted by molar-refractivity contribution is -0.0839. The Morgan fingerprint density at radius 1 is 1.31 bits per heavy atom. The zero-order valence-corrected chi connectivity index (χ0v) is 10.4. The van der Waals surface area contributed by atoms with Gasteiger partial charge < -0.3 is 4.74 Å². The quantitative estimate of drug-likeness (QED) is 0.564. The van der Waals surface area contributed by atoms with Crippen LogP contribution in [0.2, 0.25) is 0 Å². The molecule has 0 radical (unpaired) electrons. The summed E-state index contributed by atoms with van der Waals surface area (Å²) in [5.74, 6) is 0.00287. The second kappa shape index (κ2) is 5.23. The molecule has 0 aliphatic heterocycles. The molecule has 0 saturated carbocycles. The smallest absolute Gasteiger partial charge is 0.209 e. The third-order valence-electron chi connectivity index (χ3n) is 2.93. The number of carbonyl (C=O) groups is 1. The van der Waals surface area contributed by atoms with Gasteiger partial charge in [-0.25, -0.2) is 0 Å². The Bertz CT molecular complexity index is 342. The van der Waals surface area contributed by atoms with E-state index in [-0.39, 0.29) is 5.78 Å². The number of rotatable bonds is 5. The van der Waals surface area contributed by atoms with Crippen molar-refractivity contribution in [2.24, 2.45) is 0 Å². The molecule has 1 atom stereocenters. The van der Waals surface area contributed by atoms with E-state index >= 15 is 0 Å². The van der Waals surface area contributed by atoms with Crippen LogP contribution in [0.5, 0.6) is 0 Å². The van der Waals surface area contributed by atoms with E-state index in [0.717, 1.165) is 0 Å². The van der Waals surface area contributed by atoms with Crippen LogP contribution in [0.4, 0.5) is 0 Å². The number of methoxy groups -OCH3 is 1. The summed E-state index contributed by atoms with van der Waals surface area (Å²) >= 11 is 0. The van der Waals surface area contributed by atoms with E-state index in [0.29, 0.717) is 12.0 Å². The second-order valence-electron chi connectivity index (χ2n) is 3.93. The maximum Gasteiger partial charge on any atom is 0.209 e. The Balaban J connectivity index is 3.10. The Kier molecular flexibility index (Phi) is 4.21. The fourth-order valence-electron chi connectivity index (χ4n) is 1.91. The molecule has 1 aromatic rings. The fourth-order valence-corrected chi connectivity index (χ4v) is 1.91. The van der Waals surface area contributed by atoms with E-state index in [9.17, 15) is 4.79 Å². The number of hydrogen-bond donors (Lipinski definition) is 0. The Morgan fingerprint density at radius 2 is 1.88 bits per heavy atom. The molecule has 1 rings (SSSR count). The van der Waals surface area contributed by atoms with E-state index in [2.05, 4.69) is 0 Å². The lowest BCUT2D eigenvalue weighted by atomic mass is 9.97. The van der Waals surface area contributed by atoms with Gasteiger partial charge in [-0.3, -0.25) is 9.69 Å². The molecular weight excluding hydrogens is 202 g/mol. The summed E-state index contributed by atoms with van der Waals surface area (Å²) in [6, 6.07) is 9.25. The Labute approximate surface area is 97.0 Å². The minimum absolute atomic E-state index is 0.00287. The van der Waals surface area contributed by atoms with Crippen LogP contribution in [0, 0.1) is 0 Å². The van der Waals surface area contributed by atoms with Gasteiger partial charge >= 0.3 is 0 Å². The summed E-state index contributed by atoms with van der Waals surface area (Å²) in [7, 11) is 5.28. The lowest BCUT2D eigenvalue weighted by Gasteiger charge is -2.36. The third kappa shape index (κ3) is 2.15. The first-order valence-corrected chi connectivity index (χ1v) is 5.41. The van der Waals surface area contributed by atoms with Gasteiger partial charge in [0.2, 0.25) is 5.78 Å². The van der Waals surface area contributed by atoms with E-state index in [1.807, 2.05) is 56.3 Å². The van der Waals surface area contributed by atoms with Crippen LogP contribution in [0.1, 0.15) is 23.7 Å². The van der Waals surface area contributed by atoms with Crippen LogP contribution in [0.25, 0.3) is 0 Å². The molecular formula is C13H19NO2. The van der Waals surface area contributed by atoms with Crippen LogP contribution in [-0.2, 0) is 4.74 Å². The number of likely N-dealkylation sites (N-methyl/N-ethyl adjacent to an activating group) is 1. The first kappa shape index (κ1) is 12.9. The predicted octanol–water partition coefficient (Wildman–Crippen LogP) is 2.18. The molecule has 1 aromatic carbocycles. The van der Waals surface area contributed by atoms with Crippen molar-refractivity contribution in [1.82, 2.24) is 4.90 Å². The van der Waals surface area contributed by atoms with Crippen LogP contribution in [0.15, 0.2) is 30.3 Å². The Hall–Kier alpha value is -1.19. The topological polar surface area (TPSA) is 29.5 Å². The molecule has 0 N–H and O–H groups in total. The van der Waals surface area contributed by atoms with Crippen molar-refractivity contribution in [2.75, 3.05) is 21.2 Å². The summed E-state index contributed by atoms with van der Waals surface area (Å²) in [5.41, 5.74) is -0.179. The molecule has 88 valence electrons.